The van der Waals surface area contributed by atoms with Gasteiger partial charge in [0.05, 0.1) is 0 Å². The number of hydrogen-bond acceptors (Lipinski definition) is 2. The van der Waals surface area contributed by atoms with Crippen LogP contribution in [0.3, 0.4) is 0 Å². The maximum atomic E-state index is 13.2. The van der Waals surface area contributed by atoms with Gasteiger partial charge in [0.15, 0.2) is 0 Å². The number of hydrogen-bond donors (Lipinski definition) is 2. The first-order valence-corrected chi connectivity index (χ1v) is 6.95. The fourth-order valence-electron chi connectivity index (χ4n) is 2.52. The minimum Gasteiger partial charge on any atom is -0.384 e. The summed E-state index contributed by atoms with van der Waals surface area (Å²) in [5, 5.41) is 7.56. The van der Waals surface area contributed by atoms with E-state index in [2.05, 4.69) is 11.8 Å². The van der Waals surface area contributed by atoms with Crippen molar-refractivity contribution in [3.8, 4) is 0 Å². The number of nitrogens with one attached hydrogen (secondary N) is 1. The van der Waals surface area contributed by atoms with E-state index < -0.39 is 0 Å². The summed E-state index contributed by atoms with van der Waals surface area (Å²) in [6.07, 6.45) is 3.98. The molecule has 2 rings (SSSR count). The molecule has 0 heterocycles. The van der Waals surface area contributed by atoms with Crippen LogP contribution in [0.2, 0.25) is 0 Å². The first-order valence-electron chi connectivity index (χ1n) is 6.95. The fraction of sp³-hybridized carbons (Fsp3) is 0.533. The molecular formula is C15H22FN3. The molecule has 0 aliphatic heterocycles. The van der Waals surface area contributed by atoms with E-state index in [1.54, 1.807) is 6.07 Å². The highest BCUT2D eigenvalue weighted by Crippen LogP contribution is 2.27. The van der Waals surface area contributed by atoms with Gasteiger partial charge in [0.1, 0.15) is 11.7 Å². The molecular weight excluding hydrogens is 241 g/mol. The number of amidine groups is 1. The van der Waals surface area contributed by atoms with Crippen molar-refractivity contribution >= 4 is 5.84 Å². The Morgan fingerprint density at radius 1 is 1.47 bits per heavy atom. The second-order valence-corrected chi connectivity index (χ2v) is 5.34. The van der Waals surface area contributed by atoms with Gasteiger partial charge in [0, 0.05) is 18.7 Å². The van der Waals surface area contributed by atoms with Crippen molar-refractivity contribution in [2.24, 2.45) is 11.7 Å². The lowest BCUT2D eigenvalue weighted by atomic mass is 9.85. The minimum atomic E-state index is -0.337. The second kappa shape index (κ2) is 6.15. The number of benzene rings is 1. The summed E-state index contributed by atoms with van der Waals surface area (Å²) in [6.45, 7) is 4.92. The molecule has 1 aliphatic rings. The monoisotopic (exact) mass is 263 g/mol. The summed E-state index contributed by atoms with van der Waals surface area (Å²) >= 11 is 0. The highest BCUT2D eigenvalue weighted by molar-refractivity contribution is 5.96. The van der Waals surface area contributed by atoms with Gasteiger partial charge in [0.25, 0.3) is 0 Å². The first-order chi connectivity index (χ1) is 9.10. The quantitative estimate of drug-likeness (QED) is 0.612. The van der Waals surface area contributed by atoms with Gasteiger partial charge < -0.3 is 5.73 Å². The van der Waals surface area contributed by atoms with E-state index in [1.165, 1.54) is 31.4 Å². The molecule has 1 aromatic carbocycles. The standard InChI is InChI=1S/C15H22FN3/c1-2-19(9-11-4-3-5-11)10-12-6-7-13(16)8-14(12)15(17)18/h6-8,11H,2-5,9-10H2,1H3,(H3,17,18). The lowest BCUT2D eigenvalue weighted by Gasteiger charge is -2.32. The predicted molar refractivity (Wildman–Crippen MR) is 75.7 cm³/mol. The number of nitrogens with zero attached hydrogens (tertiary/aromatic N) is 1. The topological polar surface area (TPSA) is 53.1 Å². The van der Waals surface area contributed by atoms with Crippen molar-refractivity contribution in [2.45, 2.75) is 32.7 Å². The Morgan fingerprint density at radius 3 is 2.74 bits per heavy atom. The third-order valence-corrected chi connectivity index (χ3v) is 3.94. The molecule has 19 heavy (non-hydrogen) atoms. The van der Waals surface area contributed by atoms with Crippen molar-refractivity contribution in [2.75, 3.05) is 13.1 Å². The van der Waals surface area contributed by atoms with Crippen LogP contribution in [-0.2, 0) is 6.54 Å². The molecule has 1 aromatic rings. The van der Waals surface area contributed by atoms with E-state index in [0.717, 1.165) is 31.1 Å². The molecule has 1 aliphatic carbocycles. The van der Waals surface area contributed by atoms with E-state index in [0.29, 0.717) is 5.56 Å². The van der Waals surface area contributed by atoms with Crippen molar-refractivity contribution in [3.63, 3.8) is 0 Å². The Hall–Kier alpha value is -1.42. The van der Waals surface area contributed by atoms with Crippen molar-refractivity contribution in [1.29, 1.82) is 5.41 Å². The highest BCUT2D eigenvalue weighted by Gasteiger charge is 2.20. The van der Waals surface area contributed by atoms with Crippen LogP contribution in [0.4, 0.5) is 4.39 Å². The molecule has 0 radical (unpaired) electrons. The summed E-state index contributed by atoms with van der Waals surface area (Å²) in [4.78, 5) is 2.35. The third kappa shape index (κ3) is 3.53. The Labute approximate surface area is 114 Å². The SMILES string of the molecule is CCN(Cc1ccc(F)cc1C(=N)N)CC1CCC1. The predicted octanol–water partition coefficient (Wildman–Crippen LogP) is 2.73. The Kier molecular flexibility index (Phi) is 4.53. The highest BCUT2D eigenvalue weighted by atomic mass is 19.1. The average Bonchev–Trinajstić information content (AvgIpc) is 2.33. The van der Waals surface area contributed by atoms with E-state index >= 15 is 0 Å². The molecule has 104 valence electrons. The second-order valence-electron chi connectivity index (χ2n) is 5.34. The molecule has 0 unspecified atom stereocenters. The van der Waals surface area contributed by atoms with Crippen LogP contribution in [0, 0.1) is 17.1 Å². The van der Waals surface area contributed by atoms with Crippen molar-refractivity contribution < 1.29 is 4.39 Å². The summed E-state index contributed by atoms with van der Waals surface area (Å²) in [5.74, 6) is 0.409. The van der Waals surface area contributed by atoms with Gasteiger partial charge in [-0.2, -0.15) is 0 Å². The summed E-state index contributed by atoms with van der Waals surface area (Å²) in [7, 11) is 0. The zero-order chi connectivity index (χ0) is 13.8. The van der Waals surface area contributed by atoms with Gasteiger partial charge in [-0.15, -0.1) is 0 Å². The molecule has 0 bridgehead atoms. The first kappa shape index (κ1) is 14.0. The number of nitrogen functional groups attached to an aromatic ring is 1. The van der Waals surface area contributed by atoms with Crippen LogP contribution >= 0.6 is 0 Å². The van der Waals surface area contributed by atoms with Crippen molar-refractivity contribution in [3.05, 3.63) is 35.1 Å². The van der Waals surface area contributed by atoms with Crippen molar-refractivity contribution in [1.82, 2.24) is 4.90 Å². The molecule has 0 amide bonds. The smallest absolute Gasteiger partial charge is 0.123 e. The molecule has 0 aromatic heterocycles. The fourth-order valence-corrected chi connectivity index (χ4v) is 2.52. The van der Waals surface area contributed by atoms with Crippen LogP contribution in [0.5, 0.6) is 0 Å². The van der Waals surface area contributed by atoms with Crippen LogP contribution in [0.15, 0.2) is 18.2 Å². The zero-order valence-corrected chi connectivity index (χ0v) is 11.5. The Balaban J connectivity index is 2.09. The third-order valence-electron chi connectivity index (χ3n) is 3.94. The minimum absolute atomic E-state index is 0.0609. The maximum Gasteiger partial charge on any atom is 0.123 e. The van der Waals surface area contributed by atoms with Gasteiger partial charge in [-0.1, -0.05) is 19.4 Å². The molecule has 1 fully saturated rings. The zero-order valence-electron chi connectivity index (χ0n) is 11.5. The molecule has 0 atom stereocenters. The van der Waals surface area contributed by atoms with Crippen LogP contribution in [0.25, 0.3) is 0 Å². The largest absolute Gasteiger partial charge is 0.384 e. The molecule has 0 saturated heterocycles. The van der Waals surface area contributed by atoms with Crippen LogP contribution in [0.1, 0.15) is 37.3 Å². The van der Waals surface area contributed by atoms with Gasteiger partial charge in [-0.3, -0.25) is 10.3 Å². The summed E-state index contributed by atoms with van der Waals surface area (Å²) in [6, 6.07) is 4.54. The van der Waals surface area contributed by atoms with E-state index in [9.17, 15) is 4.39 Å². The lowest BCUT2D eigenvalue weighted by molar-refractivity contribution is 0.178. The summed E-state index contributed by atoms with van der Waals surface area (Å²) in [5.41, 5.74) is 7.00. The Morgan fingerprint density at radius 2 is 2.21 bits per heavy atom. The molecule has 0 spiro atoms. The number of nitrogens with two attached hydrogens (primary N) is 1. The average molecular weight is 263 g/mol. The molecule has 3 nitrogen and oxygen atoms in total. The van der Waals surface area contributed by atoms with E-state index in [1.807, 2.05) is 0 Å². The van der Waals surface area contributed by atoms with Crippen LogP contribution in [-0.4, -0.2) is 23.8 Å². The normalized spacial score (nSPS) is 15.5. The number of rotatable bonds is 6. The van der Waals surface area contributed by atoms with Crippen LogP contribution < -0.4 is 5.73 Å². The van der Waals surface area contributed by atoms with E-state index in [4.69, 9.17) is 11.1 Å². The lowest BCUT2D eigenvalue weighted by Crippen LogP contribution is -2.32. The number of halogens is 1. The molecule has 1 saturated carbocycles. The molecule has 3 N–H and O–H groups in total. The van der Waals surface area contributed by atoms with Gasteiger partial charge >= 0.3 is 0 Å². The molecule has 4 heteroatoms. The van der Waals surface area contributed by atoms with Gasteiger partial charge in [-0.25, -0.2) is 4.39 Å². The Bertz CT molecular complexity index is 455. The maximum absolute atomic E-state index is 13.2. The van der Waals surface area contributed by atoms with E-state index in [-0.39, 0.29) is 11.7 Å². The van der Waals surface area contributed by atoms with Gasteiger partial charge in [-0.05, 0) is 43.0 Å². The van der Waals surface area contributed by atoms with Gasteiger partial charge in [0.2, 0.25) is 0 Å². The summed E-state index contributed by atoms with van der Waals surface area (Å²) < 4.78 is 13.2.